The molecule has 0 spiro atoms. The molecule has 32 heavy (non-hydrogen) atoms. The molecule has 1 aromatic rings. The molecule has 0 aromatic heterocycles. The molecule has 170 valence electrons. The average Bonchev–Trinajstić information content (AvgIpc) is 3.47. The number of amides is 3. The topological polar surface area (TPSA) is 103 Å². The normalized spacial score (nSPS) is 25.9. The van der Waals surface area contributed by atoms with E-state index in [-0.39, 0.29) is 47.9 Å². The summed E-state index contributed by atoms with van der Waals surface area (Å²) in [5.41, 5.74) is 1.91. The second kappa shape index (κ2) is 9.54. The average molecular weight is 438 g/mol. The van der Waals surface area contributed by atoms with Gasteiger partial charge in [0, 0.05) is 25.3 Å². The van der Waals surface area contributed by atoms with Crippen LogP contribution in [0.2, 0.25) is 0 Å². The standard InChI is InChI=1S/C24H31N5O3/c1-3-15-6-5-7-18(12-15)28-19(30)14-27-24(25-4-2)26-10-11-29-22(31)20-16-8-9-17(13-16)21(20)23(29)32/h5-9,12,16-17,20-21H,3-4,10-11,13-14H2,1-2H3,(H,28,30)(H2,25,26,27). The van der Waals surface area contributed by atoms with Crippen molar-refractivity contribution in [3.8, 4) is 0 Å². The molecule has 1 aromatic carbocycles. The maximum Gasteiger partial charge on any atom is 0.246 e. The Labute approximate surface area is 188 Å². The number of aliphatic imine (C=N–C) groups is 1. The Morgan fingerprint density at radius 1 is 1.09 bits per heavy atom. The molecule has 1 saturated heterocycles. The van der Waals surface area contributed by atoms with Gasteiger partial charge in [0.1, 0.15) is 6.54 Å². The second-order valence-electron chi connectivity index (χ2n) is 8.55. The molecule has 8 heteroatoms. The molecule has 1 heterocycles. The van der Waals surface area contributed by atoms with Crippen molar-refractivity contribution in [2.45, 2.75) is 26.7 Å². The number of fused-ring (bicyclic) bond motifs is 5. The van der Waals surface area contributed by atoms with Crippen molar-refractivity contribution in [1.82, 2.24) is 15.5 Å². The Kier molecular flexibility index (Phi) is 6.58. The van der Waals surface area contributed by atoms with Crippen LogP contribution in [0.5, 0.6) is 0 Å². The minimum atomic E-state index is -0.212. The van der Waals surface area contributed by atoms with Crippen LogP contribution in [0.25, 0.3) is 0 Å². The molecule has 4 atom stereocenters. The van der Waals surface area contributed by atoms with E-state index in [0.29, 0.717) is 25.6 Å². The summed E-state index contributed by atoms with van der Waals surface area (Å²) in [6, 6.07) is 7.74. The molecule has 4 unspecified atom stereocenters. The highest BCUT2D eigenvalue weighted by Crippen LogP contribution is 2.52. The highest BCUT2D eigenvalue weighted by molar-refractivity contribution is 6.06. The van der Waals surface area contributed by atoms with Gasteiger partial charge < -0.3 is 16.0 Å². The van der Waals surface area contributed by atoms with E-state index in [1.54, 1.807) is 0 Å². The summed E-state index contributed by atoms with van der Waals surface area (Å²) in [5.74, 6) is 0.263. The molecule has 2 fully saturated rings. The smallest absolute Gasteiger partial charge is 0.246 e. The van der Waals surface area contributed by atoms with Crippen LogP contribution >= 0.6 is 0 Å². The van der Waals surface area contributed by atoms with Gasteiger partial charge >= 0.3 is 0 Å². The fraction of sp³-hybridized carbons (Fsp3) is 0.500. The van der Waals surface area contributed by atoms with Gasteiger partial charge in [0.2, 0.25) is 17.7 Å². The molecule has 2 bridgehead atoms. The number of nitrogens with zero attached hydrogens (tertiary/aromatic N) is 2. The minimum absolute atomic E-state index is 0.0353. The van der Waals surface area contributed by atoms with Gasteiger partial charge in [-0.15, -0.1) is 0 Å². The van der Waals surface area contributed by atoms with Crippen LogP contribution in [-0.4, -0.2) is 54.8 Å². The zero-order valence-electron chi connectivity index (χ0n) is 18.6. The molecule has 0 radical (unpaired) electrons. The van der Waals surface area contributed by atoms with Crippen LogP contribution in [0.15, 0.2) is 41.4 Å². The monoisotopic (exact) mass is 437 g/mol. The summed E-state index contributed by atoms with van der Waals surface area (Å²) in [6.07, 6.45) is 6.02. The number of anilines is 1. The van der Waals surface area contributed by atoms with Crippen molar-refractivity contribution in [2.24, 2.45) is 28.7 Å². The predicted octanol–water partition coefficient (Wildman–Crippen LogP) is 1.55. The summed E-state index contributed by atoms with van der Waals surface area (Å²) in [6.45, 7) is 5.27. The number of hydrogen-bond donors (Lipinski definition) is 3. The predicted molar refractivity (Wildman–Crippen MR) is 123 cm³/mol. The zero-order chi connectivity index (χ0) is 22.7. The first-order valence-electron chi connectivity index (χ1n) is 11.5. The fourth-order valence-corrected chi connectivity index (χ4v) is 5.03. The quantitative estimate of drug-likeness (QED) is 0.248. The van der Waals surface area contributed by atoms with Crippen LogP contribution in [0.1, 0.15) is 25.8 Å². The molecule has 3 N–H and O–H groups in total. The molecular formula is C24H31N5O3. The molecule has 4 rings (SSSR count). The van der Waals surface area contributed by atoms with Gasteiger partial charge in [-0.25, -0.2) is 4.99 Å². The van der Waals surface area contributed by atoms with E-state index < -0.39 is 0 Å². The van der Waals surface area contributed by atoms with Crippen LogP contribution in [0.4, 0.5) is 5.69 Å². The second-order valence-corrected chi connectivity index (χ2v) is 8.55. The van der Waals surface area contributed by atoms with E-state index in [2.05, 4.69) is 40.0 Å². The SMILES string of the molecule is CCNC(=NCC(=O)Nc1cccc(CC)c1)NCCN1C(=O)C2C3C=CC(C3)C2C1=O. The lowest BCUT2D eigenvalue weighted by atomic mass is 9.85. The number of carbonyl (C=O) groups is 3. The van der Waals surface area contributed by atoms with Crippen LogP contribution < -0.4 is 16.0 Å². The van der Waals surface area contributed by atoms with Crippen LogP contribution in [0.3, 0.4) is 0 Å². The van der Waals surface area contributed by atoms with Crippen molar-refractivity contribution >= 4 is 29.4 Å². The first-order chi connectivity index (χ1) is 15.5. The summed E-state index contributed by atoms with van der Waals surface area (Å²) in [7, 11) is 0. The van der Waals surface area contributed by atoms with E-state index in [4.69, 9.17) is 0 Å². The Morgan fingerprint density at radius 2 is 1.81 bits per heavy atom. The van der Waals surface area contributed by atoms with Gasteiger partial charge in [-0.2, -0.15) is 0 Å². The Bertz CT molecular complexity index is 927. The molecule has 2 aliphatic carbocycles. The van der Waals surface area contributed by atoms with Gasteiger partial charge in [0.15, 0.2) is 5.96 Å². The first kappa shape index (κ1) is 22.0. The van der Waals surface area contributed by atoms with Crippen molar-refractivity contribution < 1.29 is 14.4 Å². The van der Waals surface area contributed by atoms with Crippen molar-refractivity contribution in [1.29, 1.82) is 0 Å². The van der Waals surface area contributed by atoms with E-state index in [0.717, 1.165) is 24.1 Å². The van der Waals surface area contributed by atoms with Gasteiger partial charge in [0.05, 0.1) is 11.8 Å². The number of likely N-dealkylation sites (tertiary alicyclic amines) is 1. The third-order valence-electron chi connectivity index (χ3n) is 6.53. The highest BCUT2D eigenvalue weighted by atomic mass is 16.2. The number of imide groups is 1. The van der Waals surface area contributed by atoms with E-state index >= 15 is 0 Å². The number of aryl methyl sites for hydroxylation is 1. The van der Waals surface area contributed by atoms with Crippen molar-refractivity contribution in [2.75, 3.05) is 31.5 Å². The Hall–Kier alpha value is -3.16. The highest BCUT2D eigenvalue weighted by Gasteiger charge is 2.58. The molecular weight excluding hydrogens is 406 g/mol. The molecule has 1 aliphatic heterocycles. The van der Waals surface area contributed by atoms with Gasteiger partial charge in [-0.1, -0.05) is 31.2 Å². The lowest BCUT2D eigenvalue weighted by Gasteiger charge is -2.18. The van der Waals surface area contributed by atoms with E-state index in [1.165, 1.54) is 4.90 Å². The maximum absolute atomic E-state index is 12.8. The Balaban J connectivity index is 1.28. The maximum atomic E-state index is 12.8. The number of benzene rings is 1. The number of carbonyl (C=O) groups excluding carboxylic acids is 3. The Morgan fingerprint density at radius 3 is 2.47 bits per heavy atom. The summed E-state index contributed by atoms with van der Waals surface area (Å²) in [5, 5.41) is 9.08. The lowest BCUT2D eigenvalue weighted by Crippen LogP contribution is -2.44. The summed E-state index contributed by atoms with van der Waals surface area (Å²) >= 11 is 0. The number of hydrogen-bond acceptors (Lipinski definition) is 4. The summed E-state index contributed by atoms with van der Waals surface area (Å²) < 4.78 is 0. The largest absolute Gasteiger partial charge is 0.357 e. The van der Waals surface area contributed by atoms with E-state index in [1.807, 2.05) is 31.2 Å². The number of nitrogens with one attached hydrogen (secondary N) is 3. The fourth-order valence-electron chi connectivity index (χ4n) is 5.03. The third-order valence-corrected chi connectivity index (χ3v) is 6.53. The first-order valence-corrected chi connectivity index (χ1v) is 11.5. The molecule has 3 amide bonds. The van der Waals surface area contributed by atoms with Crippen molar-refractivity contribution in [3.05, 3.63) is 42.0 Å². The molecule has 3 aliphatic rings. The van der Waals surface area contributed by atoms with Gasteiger partial charge in [-0.3, -0.25) is 19.3 Å². The number of rotatable bonds is 8. The minimum Gasteiger partial charge on any atom is -0.357 e. The molecule has 1 saturated carbocycles. The van der Waals surface area contributed by atoms with Crippen LogP contribution in [0, 0.1) is 23.7 Å². The van der Waals surface area contributed by atoms with Gasteiger partial charge in [-0.05, 0) is 49.3 Å². The van der Waals surface area contributed by atoms with Gasteiger partial charge in [0.25, 0.3) is 0 Å². The third kappa shape index (κ3) is 4.40. The van der Waals surface area contributed by atoms with Crippen molar-refractivity contribution in [3.63, 3.8) is 0 Å². The lowest BCUT2D eigenvalue weighted by molar-refractivity contribution is -0.140. The molecule has 8 nitrogen and oxygen atoms in total. The summed E-state index contributed by atoms with van der Waals surface area (Å²) in [4.78, 5) is 43.6. The number of guanidine groups is 1. The van der Waals surface area contributed by atoms with Crippen LogP contribution in [-0.2, 0) is 20.8 Å². The zero-order valence-corrected chi connectivity index (χ0v) is 18.6. The number of allylic oxidation sites excluding steroid dienone is 2. The van der Waals surface area contributed by atoms with E-state index in [9.17, 15) is 14.4 Å².